The van der Waals surface area contributed by atoms with Crippen LogP contribution in [0.1, 0.15) is 5.56 Å². The van der Waals surface area contributed by atoms with Gasteiger partial charge < -0.3 is 11.1 Å². The minimum atomic E-state index is 0.633. The first kappa shape index (κ1) is 12.2. The zero-order chi connectivity index (χ0) is 12.4. The molecule has 0 unspecified atom stereocenters. The van der Waals surface area contributed by atoms with Crippen LogP contribution in [-0.4, -0.2) is 4.98 Å². The van der Waals surface area contributed by atoms with Gasteiger partial charge in [0.2, 0.25) is 0 Å². The van der Waals surface area contributed by atoms with E-state index in [1.165, 1.54) is 0 Å². The topological polar surface area (TPSA) is 50.9 Å². The normalized spacial score (nSPS) is 10.3. The number of nitrogens with one attached hydrogen (secondary N) is 1. The summed E-state index contributed by atoms with van der Waals surface area (Å²) < 4.78 is 0.949. The van der Waals surface area contributed by atoms with Gasteiger partial charge in [-0.05, 0) is 30.7 Å². The molecule has 0 aliphatic carbocycles. The molecule has 1 aromatic heterocycles. The van der Waals surface area contributed by atoms with E-state index in [-0.39, 0.29) is 0 Å². The molecule has 0 spiro atoms. The Kier molecular flexibility index (Phi) is 3.54. The molecular formula is C12H11BrClN3. The Morgan fingerprint density at radius 2 is 2.12 bits per heavy atom. The number of rotatable bonds is 2. The Balaban J connectivity index is 2.31. The zero-order valence-electron chi connectivity index (χ0n) is 9.17. The second-order valence-corrected chi connectivity index (χ2v) is 5.00. The maximum Gasteiger partial charge on any atom is 0.132 e. The van der Waals surface area contributed by atoms with Crippen LogP contribution >= 0.6 is 27.5 Å². The first-order valence-electron chi connectivity index (χ1n) is 5.00. The number of nitrogens with zero attached hydrogens (tertiary/aromatic N) is 1. The lowest BCUT2D eigenvalue weighted by atomic mass is 10.2. The molecule has 88 valence electrons. The number of benzene rings is 1. The van der Waals surface area contributed by atoms with E-state index >= 15 is 0 Å². The molecule has 2 aromatic rings. The lowest BCUT2D eigenvalue weighted by Crippen LogP contribution is -1.97. The van der Waals surface area contributed by atoms with Crippen LogP contribution in [0.5, 0.6) is 0 Å². The summed E-state index contributed by atoms with van der Waals surface area (Å²) in [6, 6.07) is 7.36. The summed E-state index contributed by atoms with van der Waals surface area (Å²) in [6.45, 7) is 1.91. The van der Waals surface area contributed by atoms with Gasteiger partial charge >= 0.3 is 0 Å². The van der Waals surface area contributed by atoms with Crippen LogP contribution in [0.3, 0.4) is 0 Å². The lowest BCUT2D eigenvalue weighted by Gasteiger charge is -2.09. The van der Waals surface area contributed by atoms with Crippen LogP contribution in [0.25, 0.3) is 0 Å². The van der Waals surface area contributed by atoms with Crippen molar-refractivity contribution in [2.75, 3.05) is 11.1 Å². The standard InChI is InChI=1S/C12H11BrClN3/c1-7-6-16-12(5-10(7)15)17-11-4-8(13)2-3-9(11)14/h2-6H,1H3,(H3,15,16,17). The van der Waals surface area contributed by atoms with Gasteiger partial charge in [0.25, 0.3) is 0 Å². The molecular weight excluding hydrogens is 302 g/mol. The average molecular weight is 313 g/mol. The summed E-state index contributed by atoms with van der Waals surface area (Å²) in [5.41, 5.74) is 8.27. The highest BCUT2D eigenvalue weighted by Gasteiger charge is 2.03. The van der Waals surface area contributed by atoms with Gasteiger partial charge in [0.1, 0.15) is 5.82 Å². The molecule has 5 heteroatoms. The number of nitrogen functional groups attached to an aromatic ring is 1. The molecule has 0 saturated heterocycles. The number of aromatic nitrogens is 1. The highest BCUT2D eigenvalue weighted by molar-refractivity contribution is 9.10. The highest BCUT2D eigenvalue weighted by atomic mass is 79.9. The summed E-state index contributed by atoms with van der Waals surface area (Å²) >= 11 is 9.47. The smallest absolute Gasteiger partial charge is 0.132 e. The summed E-state index contributed by atoms with van der Waals surface area (Å²) in [6.07, 6.45) is 1.73. The maximum absolute atomic E-state index is 6.07. The molecule has 0 saturated carbocycles. The number of halogens is 2. The van der Waals surface area contributed by atoms with Crippen molar-refractivity contribution in [3.05, 3.63) is 45.5 Å². The summed E-state index contributed by atoms with van der Waals surface area (Å²) in [4.78, 5) is 4.24. The van der Waals surface area contributed by atoms with Crippen molar-refractivity contribution < 1.29 is 0 Å². The minimum absolute atomic E-state index is 0.633. The fourth-order valence-corrected chi connectivity index (χ4v) is 1.86. The van der Waals surface area contributed by atoms with E-state index in [0.717, 1.165) is 15.7 Å². The van der Waals surface area contributed by atoms with Crippen molar-refractivity contribution in [2.45, 2.75) is 6.92 Å². The highest BCUT2D eigenvalue weighted by Crippen LogP contribution is 2.28. The Labute approximate surface area is 113 Å². The second kappa shape index (κ2) is 4.94. The van der Waals surface area contributed by atoms with Crippen LogP contribution in [0.2, 0.25) is 5.02 Å². The Morgan fingerprint density at radius 3 is 2.82 bits per heavy atom. The number of hydrogen-bond donors (Lipinski definition) is 2. The summed E-state index contributed by atoms with van der Waals surface area (Å²) in [5.74, 6) is 0.674. The molecule has 0 aliphatic rings. The maximum atomic E-state index is 6.07. The van der Waals surface area contributed by atoms with E-state index in [4.69, 9.17) is 17.3 Å². The second-order valence-electron chi connectivity index (χ2n) is 3.68. The third-order valence-electron chi connectivity index (χ3n) is 2.34. The first-order chi connectivity index (χ1) is 8.06. The number of nitrogens with two attached hydrogens (primary N) is 1. The van der Waals surface area contributed by atoms with E-state index in [2.05, 4.69) is 26.2 Å². The fourth-order valence-electron chi connectivity index (χ4n) is 1.34. The minimum Gasteiger partial charge on any atom is -0.398 e. The zero-order valence-corrected chi connectivity index (χ0v) is 11.5. The number of hydrogen-bond acceptors (Lipinski definition) is 3. The number of anilines is 3. The quantitative estimate of drug-likeness (QED) is 0.876. The Hall–Kier alpha value is -1.26. The molecule has 17 heavy (non-hydrogen) atoms. The van der Waals surface area contributed by atoms with Gasteiger partial charge in [-0.2, -0.15) is 0 Å². The predicted octanol–water partition coefficient (Wildman–Crippen LogP) is 4.13. The van der Waals surface area contributed by atoms with Crippen LogP contribution < -0.4 is 11.1 Å². The summed E-state index contributed by atoms with van der Waals surface area (Å²) in [5, 5.41) is 3.76. The Morgan fingerprint density at radius 1 is 1.35 bits per heavy atom. The third-order valence-corrected chi connectivity index (χ3v) is 3.16. The van der Waals surface area contributed by atoms with Gasteiger partial charge in [-0.25, -0.2) is 4.98 Å². The molecule has 1 heterocycles. The molecule has 3 nitrogen and oxygen atoms in total. The van der Waals surface area contributed by atoms with Crippen LogP contribution in [-0.2, 0) is 0 Å². The number of pyridine rings is 1. The Bertz CT molecular complexity index is 557. The van der Waals surface area contributed by atoms with Crippen molar-refractivity contribution in [3.8, 4) is 0 Å². The van der Waals surface area contributed by atoms with E-state index in [9.17, 15) is 0 Å². The van der Waals surface area contributed by atoms with Gasteiger partial charge in [-0.15, -0.1) is 0 Å². The molecule has 2 rings (SSSR count). The van der Waals surface area contributed by atoms with E-state index in [1.807, 2.05) is 25.1 Å². The lowest BCUT2D eigenvalue weighted by molar-refractivity contribution is 1.26. The van der Waals surface area contributed by atoms with Crippen LogP contribution in [0.4, 0.5) is 17.2 Å². The molecule has 1 aromatic carbocycles. The van der Waals surface area contributed by atoms with Crippen molar-refractivity contribution >= 4 is 44.7 Å². The predicted molar refractivity (Wildman–Crippen MR) is 75.8 cm³/mol. The van der Waals surface area contributed by atoms with Crippen molar-refractivity contribution in [2.24, 2.45) is 0 Å². The van der Waals surface area contributed by atoms with Crippen molar-refractivity contribution in [1.82, 2.24) is 4.98 Å². The first-order valence-corrected chi connectivity index (χ1v) is 6.17. The van der Waals surface area contributed by atoms with Gasteiger partial charge in [0, 0.05) is 22.4 Å². The number of aryl methyl sites for hydroxylation is 1. The third kappa shape index (κ3) is 2.90. The molecule has 0 atom stereocenters. The molecule has 0 bridgehead atoms. The van der Waals surface area contributed by atoms with Crippen LogP contribution in [0.15, 0.2) is 34.9 Å². The monoisotopic (exact) mass is 311 g/mol. The molecule has 3 N–H and O–H groups in total. The molecule has 0 radical (unpaired) electrons. The van der Waals surface area contributed by atoms with Crippen molar-refractivity contribution in [3.63, 3.8) is 0 Å². The van der Waals surface area contributed by atoms with E-state index < -0.39 is 0 Å². The van der Waals surface area contributed by atoms with Gasteiger partial charge in [0.15, 0.2) is 0 Å². The summed E-state index contributed by atoms with van der Waals surface area (Å²) in [7, 11) is 0. The van der Waals surface area contributed by atoms with Gasteiger partial charge in [-0.3, -0.25) is 0 Å². The largest absolute Gasteiger partial charge is 0.398 e. The van der Waals surface area contributed by atoms with E-state index in [0.29, 0.717) is 16.5 Å². The fraction of sp³-hybridized carbons (Fsp3) is 0.0833. The molecule has 0 amide bonds. The van der Waals surface area contributed by atoms with Crippen LogP contribution in [0, 0.1) is 6.92 Å². The molecule has 0 fully saturated rings. The SMILES string of the molecule is Cc1cnc(Nc2cc(Br)ccc2Cl)cc1N. The van der Waals surface area contributed by atoms with E-state index in [1.54, 1.807) is 12.3 Å². The van der Waals surface area contributed by atoms with Gasteiger partial charge in [-0.1, -0.05) is 27.5 Å². The molecule has 0 aliphatic heterocycles. The average Bonchev–Trinajstić information content (AvgIpc) is 2.29. The van der Waals surface area contributed by atoms with Crippen molar-refractivity contribution in [1.29, 1.82) is 0 Å². The van der Waals surface area contributed by atoms with Gasteiger partial charge in [0.05, 0.1) is 10.7 Å².